The van der Waals surface area contributed by atoms with Crippen LogP contribution in [0.1, 0.15) is 36.8 Å². The molecule has 0 saturated carbocycles. The first-order valence-electron chi connectivity index (χ1n) is 8.30. The van der Waals surface area contributed by atoms with E-state index in [-0.39, 0.29) is 0 Å². The molecular weight excluding hydrogens is 312 g/mol. The molecule has 2 nitrogen and oxygen atoms in total. The number of hydrogen-bond acceptors (Lipinski definition) is 3. The van der Waals surface area contributed by atoms with Crippen LogP contribution < -0.4 is 10.9 Å². The Morgan fingerprint density at radius 1 is 1.00 bits per heavy atom. The molecule has 3 rings (SSSR count). The zero-order chi connectivity index (χ0) is 16.9. The number of nitrogens with one attached hydrogen (secondary N) is 2. The van der Waals surface area contributed by atoms with Gasteiger partial charge in [0.1, 0.15) is 0 Å². The van der Waals surface area contributed by atoms with Crippen molar-refractivity contribution in [1.82, 2.24) is 10.9 Å². The standard InChI is InChI=1S/C21H24N2S/c1-15(2)24-14-22-23-16(3)12-13-21-19-10-6-4-8-17(19)18-9-5-7-11-20(18)21/h4-11,21-23H,1,3,12-14H2,2H3. The normalized spacial score (nSPS) is 12.5. The van der Waals surface area contributed by atoms with Gasteiger partial charge in [0.15, 0.2) is 0 Å². The number of benzene rings is 2. The SMILES string of the molecule is C=C(CCC1c2ccccc2-c2ccccc21)NNCSC(=C)C. The van der Waals surface area contributed by atoms with Crippen molar-refractivity contribution in [1.29, 1.82) is 0 Å². The van der Waals surface area contributed by atoms with Crippen LogP contribution in [0.15, 0.2) is 72.3 Å². The first-order valence-corrected chi connectivity index (χ1v) is 9.28. The minimum absolute atomic E-state index is 0.459. The minimum Gasteiger partial charge on any atom is -0.325 e. The van der Waals surface area contributed by atoms with Crippen molar-refractivity contribution in [3.05, 3.63) is 83.4 Å². The fourth-order valence-corrected chi connectivity index (χ4v) is 3.66. The van der Waals surface area contributed by atoms with Gasteiger partial charge in [0.05, 0.1) is 5.88 Å². The number of thioether (sulfide) groups is 1. The van der Waals surface area contributed by atoms with Gasteiger partial charge in [0.25, 0.3) is 0 Å². The van der Waals surface area contributed by atoms with Crippen LogP contribution >= 0.6 is 11.8 Å². The molecule has 0 amide bonds. The van der Waals surface area contributed by atoms with Crippen LogP contribution in [0.5, 0.6) is 0 Å². The minimum atomic E-state index is 0.459. The van der Waals surface area contributed by atoms with Gasteiger partial charge in [-0.05, 0) is 46.9 Å². The molecule has 1 aliphatic rings. The molecule has 2 aromatic rings. The molecule has 0 spiro atoms. The molecule has 0 atom stereocenters. The van der Waals surface area contributed by atoms with Crippen LogP contribution in [0.2, 0.25) is 0 Å². The second-order valence-corrected chi connectivity index (χ2v) is 7.44. The predicted octanol–water partition coefficient (Wildman–Crippen LogP) is 5.41. The Labute approximate surface area is 149 Å². The van der Waals surface area contributed by atoms with Crippen LogP contribution in [0.3, 0.4) is 0 Å². The number of allylic oxidation sites excluding steroid dienone is 2. The Bertz CT molecular complexity index is 706. The molecular formula is C21H24N2S. The van der Waals surface area contributed by atoms with Crippen LogP contribution in [-0.2, 0) is 0 Å². The van der Waals surface area contributed by atoms with Gasteiger partial charge < -0.3 is 5.43 Å². The van der Waals surface area contributed by atoms with E-state index in [1.54, 1.807) is 11.8 Å². The maximum absolute atomic E-state index is 4.14. The smallest absolute Gasteiger partial charge is 0.0648 e. The molecule has 0 aromatic heterocycles. The molecule has 0 bridgehead atoms. The molecule has 0 aliphatic heterocycles. The molecule has 3 heteroatoms. The van der Waals surface area contributed by atoms with Crippen LogP contribution in [0.4, 0.5) is 0 Å². The summed E-state index contributed by atoms with van der Waals surface area (Å²) in [6, 6.07) is 17.5. The summed E-state index contributed by atoms with van der Waals surface area (Å²) in [6.45, 7) is 10.0. The molecule has 0 fully saturated rings. The summed E-state index contributed by atoms with van der Waals surface area (Å²) in [4.78, 5) is 1.11. The van der Waals surface area contributed by atoms with Crippen molar-refractivity contribution >= 4 is 11.8 Å². The monoisotopic (exact) mass is 336 g/mol. The van der Waals surface area contributed by atoms with Gasteiger partial charge in [-0.15, -0.1) is 11.8 Å². The highest BCUT2D eigenvalue weighted by Gasteiger charge is 2.27. The van der Waals surface area contributed by atoms with Gasteiger partial charge in [-0.1, -0.05) is 61.7 Å². The Balaban J connectivity index is 1.61. The lowest BCUT2D eigenvalue weighted by Gasteiger charge is -2.16. The summed E-state index contributed by atoms with van der Waals surface area (Å²) in [5, 5.41) is 0. The van der Waals surface area contributed by atoms with Gasteiger partial charge >= 0.3 is 0 Å². The largest absolute Gasteiger partial charge is 0.325 e. The number of hydrogen-bond donors (Lipinski definition) is 2. The molecule has 2 aromatic carbocycles. The molecule has 124 valence electrons. The molecule has 2 N–H and O–H groups in total. The second kappa shape index (κ2) is 7.73. The number of hydrazine groups is 1. The fraction of sp³-hybridized carbons (Fsp3) is 0.238. The van der Waals surface area contributed by atoms with E-state index in [0.29, 0.717) is 5.92 Å². The van der Waals surface area contributed by atoms with E-state index in [0.717, 1.165) is 29.3 Å². The Morgan fingerprint density at radius 3 is 2.17 bits per heavy atom. The lowest BCUT2D eigenvalue weighted by atomic mass is 9.92. The van der Waals surface area contributed by atoms with Gasteiger partial charge in [-0.2, -0.15) is 0 Å². The van der Waals surface area contributed by atoms with Crippen LogP contribution in [0.25, 0.3) is 11.1 Å². The Morgan fingerprint density at radius 2 is 1.58 bits per heavy atom. The van der Waals surface area contributed by atoms with E-state index in [2.05, 4.69) is 72.5 Å². The zero-order valence-electron chi connectivity index (χ0n) is 14.1. The van der Waals surface area contributed by atoms with Crippen molar-refractivity contribution in [2.24, 2.45) is 0 Å². The van der Waals surface area contributed by atoms with E-state index in [4.69, 9.17) is 0 Å². The number of fused-ring (bicyclic) bond motifs is 3. The summed E-state index contributed by atoms with van der Waals surface area (Å²) in [5.74, 6) is 1.25. The van der Waals surface area contributed by atoms with Crippen molar-refractivity contribution in [3.8, 4) is 11.1 Å². The average Bonchev–Trinajstić information content (AvgIpc) is 2.91. The van der Waals surface area contributed by atoms with Gasteiger partial charge in [0.2, 0.25) is 0 Å². The lowest BCUT2D eigenvalue weighted by Crippen LogP contribution is -2.30. The topological polar surface area (TPSA) is 24.1 Å². The third kappa shape index (κ3) is 3.74. The second-order valence-electron chi connectivity index (χ2n) is 6.16. The molecule has 0 saturated heterocycles. The molecule has 1 aliphatic carbocycles. The Kier molecular flexibility index (Phi) is 5.44. The highest BCUT2D eigenvalue weighted by atomic mass is 32.2. The van der Waals surface area contributed by atoms with Crippen molar-refractivity contribution in [3.63, 3.8) is 0 Å². The van der Waals surface area contributed by atoms with Gasteiger partial charge in [-0.3, -0.25) is 0 Å². The highest BCUT2D eigenvalue weighted by molar-refractivity contribution is 8.02. The van der Waals surface area contributed by atoms with E-state index in [1.807, 2.05) is 6.92 Å². The number of rotatable bonds is 8. The van der Waals surface area contributed by atoms with Gasteiger partial charge in [-0.25, -0.2) is 5.43 Å². The molecule has 24 heavy (non-hydrogen) atoms. The third-order valence-electron chi connectivity index (χ3n) is 4.35. The van der Waals surface area contributed by atoms with E-state index in [1.165, 1.54) is 22.3 Å². The van der Waals surface area contributed by atoms with E-state index >= 15 is 0 Å². The summed E-state index contributed by atoms with van der Waals surface area (Å²) >= 11 is 1.69. The van der Waals surface area contributed by atoms with E-state index in [9.17, 15) is 0 Å². The Hall–Kier alpha value is -1.97. The van der Waals surface area contributed by atoms with E-state index < -0.39 is 0 Å². The fourth-order valence-electron chi connectivity index (χ4n) is 3.27. The van der Waals surface area contributed by atoms with Crippen molar-refractivity contribution < 1.29 is 0 Å². The van der Waals surface area contributed by atoms with Crippen LogP contribution in [0, 0.1) is 0 Å². The predicted molar refractivity (Wildman–Crippen MR) is 106 cm³/mol. The first kappa shape index (κ1) is 16.9. The quantitative estimate of drug-likeness (QED) is 0.383. The van der Waals surface area contributed by atoms with Crippen molar-refractivity contribution in [2.75, 3.05) is 5.88 Å². The molecule has 0 heterocycles. The average molecular weight is 337 g/mol. The summed E-state index contributed by atoms with van der Waals surface area (Å²) in [5.41, 5.74) is 13.1. The highest BCUT2D eigenvalue weighted by Crippen LogP contribution is 2.46. The third-order valence-corrected chi connectivity index (χ3v) is 5.13. The van der Waals surface area contributed by atoms with Crippen molar-refractivity contribution in [2.45, 2.75) is 25.7 Å². The maximum atomic E-state index is 4.14. The summed E-state index contributed by atoms with van der Waals surface area (Å²) in [7, 11) is 0. The zero-order valence-corrected chi connectivity index (χ0v) is 15.0. The molecule has 0 radical (unpaired) electrons. The maximum Gasteiger partial charge on any atom is 0.0648 e. The summed E-state index contributed by atoms with van der Waals surface area (Å²) in [6.07, 6.45) is 2.01. The lowest BCUT2D eigenvalue weighted by molar-refractivity contribution is 0.614. The summed E-state index contributed by atoms with van der Waals surface area (Å²) < 4.78 is 0. The van der Waals surface area contributed by atoms with Gasteiger partial charge in [0, 0.05) is 11.6 Å². The first-order chi connectivity index (χ1) is 11.7. The van der Waals surface area contributed by atoms with Crippen LogP contribution in [-0.4, -0.2) is 5.88 Å². The molecule has 0 unspecified atom stereocenters.